The molecule has 0 radical (unpaired) electrons. The van der Waals surface area contributed by atoms with Gasteiger partial charge in [0.2, 0.25) is 0 Å². The minimum absolute atomic E-state index is 0.382. The van der Waals surface area contributed by atoms with Gasteiger partial charge < -0.3 is 9.84 Å². The Morgan fingerprint density at radius 3 is 2.61 bits per heavy atom. The van der Waals surface area contributed by atoms with Crippen LogP contribution in [0, 0.1) is 10.1 Å². The predicted octanol–water partition coefficient (Wildman–Crippen LogP) is 2.48. The van der Waals surface area contributed by atoms with Gasteiger partial charge in [0.05, 0.1) is 21.9 Å². The van der Waals surface area contributed by atoms with E-state index in [9.17, 15) is 23.7 Å². The SMILES string of the molecule is O=C(O)Cc1c([N+](=O)[O-])ccc(OC(F)F)c1Cl. The molecule has 0 saturated heterocycles. The highest BCUT2D eigenvalue weighted by atomic mass is 35.5. The third-order valence-electron chi connectivity index (χ3n) is 1.92. The number of nitrogens with zero attached hydrogens (tertiary/aromatic N) is 1. The number of hydrogen-bond acceptors (Lipinski definition) is 4. The van der Waals surface area contributed by atoms with Crippen LogP contribution in [0.2, 0.25) is 5.02 Å². The number of nitro benzene ring substituents is 1. The molecule has 0 aliphatic rings. The van der Waals surface area contributed by atoms with E-state index in [0.29, 0.717) is 0 Å². The fourth-order valence-corrected chi connectivity index (χ4v) is 1.54. The Morgan fingerprint density at radius 2 is 2.17 bits per heavy atom. The summed E-state index contributed by atoms with van der Waals surface area (Å²) >= 11 is 5.62. The van der Waals surface area contributed by atoms with Crippen LogP contribution in [0.3, 0.4) is 0 Å². The van der Waals surface area contributed by atoms with E-state index in [4.69, 9.17) is 16.7 Å². The minimum atomic E-state index is -3.17. The van der Waals surface area contributed by atoms with Crippen molar-refractivity contribution in [3.63, 3.8) is 0 Å². The quantitative estimate of drug-likeness (QED) is 0.661. The third kappa shape index (κ3) is 3.27. The number of rotatable bonds is 5. The lowest BCUT2D eigenvalue weighted by molar-refractivity contribution is -0.385. The van der Waals surface area contributed by atoms with E-state index in [2.05, 4.69) is 4.74 Å². The molecule has 1 rings (SSSR count). The van der Waals surface area contributed by atoms with Gasteiger partial charge in [-0.1, -0.05) is 11.6 Å². The van der Waals surface area contributed by atoms with Gasteiger partial charge in [0.1, 0.15) is 5.75 Å². The number of carbonyl (C=O) groups is 1. The van der Waals surface area contributed by atoms with Gasteiger partial charge >= 0.3 is 12.6 Å². The average Bonchev–Trinajstić information content (AvgIpc) is 2.22. The van der Waals surface area contributed by atoms with Crippen LogP contribution in [0.25, 0.3) is 0 Å². The van der Waals surface area contributed by atoms with Gasteiger partial charge in [-0.2, -0.15) is 8.78 Å². The predicted molar refractivity (Wildman–Crippen MR) is 56.1 cm³/mol. The van der Waals surface area contributed by atoms with Crippen LogP contribution < -0.4 is 4.74 Å². The van der Waals surface area contributed by atoms with Crippen LogP contribution in [-0.2, 0) is 11.2 Å². The molecule has 0 aliphatic heterocycles. The first-order chi connectivity index (χ1) is 8.32. The molecular weight excluding hydrogens is 276 g/mol. The number of nitro groups is 1. The molecule has 0 aliphatic carbocycles. The van der Waals surface area contributed by atoms with Crippen LogP contribution in [0.4, 0.5) is 14.5 Å². The first-order valence-electron chi connectivity index (χ1n) is 4.45. The Labute approximate surface area is 104 Å². The smallest absolute Gasteiger partial charge is 0.387 e. The minimum Gasteiger partial charge on any atom is -0.481 e. The lowest BCUT2D eigenvalue weighted by Crippen LogP contribution is -2.08. The number of halogens is 3. The average molecular weight is 282 g/mol. The monoisotopic (exact) mass is 281 g/mol. The zero-order chi connectivity index (χ0) is 13.9. The normalized spacial score (nSPS) is 10.4. The van der Waals surface area contributed by atoms with Crippen molar-refractivity contribution in [3.05, 3.63) is 32.8 Å². The van der Waals surface area contributed by atoms with Crippen LogP contribution in [0.15, 0.2) is 12.1 Å². The van der Waals surface area contributed by atoms with E-state index in [1.54, 1.807) is 0 Å². The number of ether oxygens (including phenoxy) is 1. The van der Waals surface area contributed by atoms with Crippen molar-refractivity contribution >= 4 is 23.3 Å². The van der Waals surface area contributed by atoms with Gasteiger partial charge in [-0.15, -0.1) is 0 Å². The molecule has 0 atom stereocenters. The van der Waals surface area contributed by atoms with Crippen molar-refractivity contribution in [2.45, 2.75) is 13.0 Å². The number of hydrogen-bond donors (Lipinski definition) is 1. The summed E-state index contributed by atoms with van der Waals surface area (Å²) in [6, 6.07) is 1.75. The molecule has 0 spiro atoms. The zero-order valence-corrected chi connectivity index (χ0v) is 9.36. The summed E-state index contributed by atoms with van der Waals surface area (Å²) in [4.78, 5) is 20.4. The van der Waals surface area contributed by atoms with Crippen molar-refractivity contribution in [3.8, 4) is 5.75 Å². The third-order valence-corrected chi connectivity index (χ3v) is 2.34. The summed E-state index contributed by atoms with van der Waals surface area (Å²) in [6.07, 6.45) is -0.768. The summed E-state index contributed by atoms with van der Waals surface area (Å²) in [5.41, 5.74) is -0.948. The van der Waals surface area contributed by atoms with Gasteiger partial charge in [-0.3, -0.25) is 14.9 Å². The van der Waals surface area contributed by atoms with Gasteiger partial charge in [0.15, 0.2) is 0 Å². The van der Waals surface area contributed by atoms with Crippen molar-refractivity contribution in [1.29, 1.82) is 0 Å². The van der Waals surface area contributed by atoms with Gasteiger partial charge in [0.25, 0.3) is 5.69 Å². The number of aliphatic carboxylic acids is 1. The standard InChI is InChI=1S/C9H6ClF2NO5/c10-8-4(3-7(14)15)5(13(16)17)1-2-6(8)18-9(11)12/h1-2,9H,3H2,(H,14,15). The number of carboxylic acids is 1. The molecule has 0 aromatic heterocycles. The molecule has 1 aromatic carbocycles. The first-order valence-corrected chi connectivity index (χ1v) is 4.83. The van der Waals surface area contributed by atoms with Crippen LogP contribution in [-0.4, -0.2) is 22.6 Å². The Morgan fingerprint density at radius 1 is 1.56 bits per heavy atom. The fourth-order valence-electron chi connectivity index (χ4n) is 1.27. The molecule has 9 heteroatoms. The highest BCUT2D eigenvalue weighted by Gasteiger charge is 2.23. The number of benzene rings is 1. The van der Waals surface area contributed by atoms with Gasteiger partial charge in [-0.25, -0.2) is 0 Å². The Bertz CT molecular complexity index is 494. The molecule has 0 fully saturated rings. The van der Waals surface area contributed by atoms with E-state index < -0.39 is 40.4 Å². The van der Waals surface area contributed by atoms with Crippen LogP contribution >= 0.6 is 11.6 Å². The Kier molecular flexibility index (Phi) is 4.38. The molecule has 18 heavy (non-hydrogen) atoms. The maximum atomic E-state index is 12.0. The van der Waals surface area contributed by atoms with Crippen molar-refractivity contribution in [2.24, 2.45) is 0 Å². The Hall–Kier alpha value is -1.96. The van der Waals surface area contributed by atoms with Crippen molar-refractivity contribution in [2.75, 3.05) is 0 Å². The van der Waals surface area contributed by atoms with Crippen molar-refractivity contribution < 1.29 is 28.3 Å². The second-order valence-corrected chi connectivity index (χ2v) is 3.46. The van der Waals surface area contributed by atoms with Gasteiger partial charge in [0, 0.05) is 6.07 Å². The maximum Gasteiger partial charge on any atom is 0.387 e. The lowest BCUT2D eigenvalue weighted by Gasteiger charge is -2.09. The van der Waals surface area contributed by atoms with Crippen molar-refractivity contribution in [1.82, 2.24) is 0 Å². The zero-order valence-electron chi connectivity index (χ0n) is 8.60. The molecule has 0 heterocycles. The van der Waals surface area contributed by atoms with E-state index in [1.165, 1.54) is 0 Å². The Balaban J connectivity index is 3.30. The number of carboxylic acid groups (broad SMARTS) is 1. The van der Waals surface area contributed by atoms with Gasteiger partial charge in [-0.05, 0) is 6.07 Å². The van der Waals surface area contributed by atoms with E-state index in [-0.39, 0.29) is 5.56 Å². The summed E-state index contributed by atoms with van der Waals surface area (Å²) in [5.74, 6) is -1.89. The van der Waals surface area contributed by atoms with E-state index >= 15 is 0 Å². The molecule has 1 aromatic rings. The van der Waals surface area contributed by atoms with Crippen LogP contribution in [0.1, 0.15) is 5.56 Å². The summed E-state index contributed by atoms with van der Waals surface area (Å²) < 4.78 is 28.1. The highest BCUT2D eigenvalue weighted by Crippen LogP contribution is 2.35. The summed E-state index contributed by atoms with van der Waals surface area (Å²) in [7, 11) is 0. The molecule has 0 saturated carbocycles. The fraction of sp³-hybridized carbons (Fsp3) is 0.222. The second-order valence-electron chi connectivity index (χ2n) is 3.08. The summed E-state index contributed by atoms with van der Waals surface area (Å²) in [5, 5.41) is 18.7. The molecule has 0 bridgehead atoms. The highest BCUT2D eigenvalue weighted by molar-refractivity contribution is 6.33. The largest absolute Gasteiger partial charge is 0.481 e. The summed E-state index contributed by atoms with van der Waals surface area (Å²) in [6.45, 7) is -3.17. The molecule has 0 unspecified atom stereocenters. The molecule has 6 nitrogen and oxygen atoms in total. The molecule has 1 N–H and O–H groups in total. The molecular formula is C9H6ClF2NO5. The van der Waals surface area contributed by atoms with E-state index in [1.807, 2.05) is 0 Å². The maximum absolute atomic E-state index is 12.0. The number of alkyl halides is 2. The first kappa shape index (κ1) is 14.1. The molecule has 0 amide bonds. The van der Waals surface area contributed by atoms with Crippen LogP contribution in [0.5, 0.6) is 5.75 Å². The second kappa shape index (κ2) is 5.58. The van der Waals surface area contributed by atoms with E-state index in [0.717, 1.165) is 12.1 Å². The topological polar surface area (TPSA) is 89.7 Å². The lowest BCUT2D eigenvalue weighted by atomic mass is 10.1. The molecule has 98 valence electrons.